The second-order valence-electron chi connectivity index (χ2n) is 5.88. The van der Waals surface area contributed by atoms with Crippen LogP contribution in [-0.2, 0) is 13.0 Å². The van der Waals surface area contributed by atoms with Gasteiger partial charge in [0.1, 0.15) is 0 Å². The maximum absolute atomic E-state index is 11.8. The van der Waals surface area contributed by atoms with Gasteiger partial charge in [0.15, 0.2) is 5.78 Å². The van der Waals surface area contributed by atoms with E-state index in [0.717, 1.165) is 37.3 Å². The first kappa shape index (κ1) is 12.0. The molecule has 0 N–H and O–H groups in total. The Labute approximate surface area is 109 Å². The maximum atomic E-state index is 11.8. The number of hydrogen-bond donors (Lipinski definition) is 0. The maximum Gasteiger partial charge on any atom is 0.164 e. The lowest BCUT2D eigenvalue weighted by Crippen LogP contribution is -2.34. The van der Waals surface area contributed by atoms with Crippen LogP contribution in [0.4, 0.5) is 0 Å². The van der Waals surface area contributed by atoms with Crippen molar-refractivity contribution in [1.82, 2.24) is 9.47 Å². The van der Waals surface area contributed by atoms with Crippen LogP contribution in [0.15, 0.2) is 12.3 Å². The monoisotopic (exact) mass is 246 g/mol. The molecule has 2 heterocycles. The number of hydrogen-bond acceptors (Lipinski definition) is 2. The zero-order valence-corrected chi connectivity index (χ0v) is 11.2. The predicted octanol–water partition coefficient (Wildman–Crippen LogP) is 2.35. The van der Waals surface area contributed by atoms with E-state index in [1.54, 1.807) is 0 Å². The Morgan fingerprint density at radius 1 is 1.33 bits per heavy atom. The highest BCUT2D eigenvalue weighted by Crippen LogP contribution is 2.25. The Kier molecular flexibility index (Phi) is 3.25. The third-order valence-electron chi connectivity index (χ3n) is 4.37. The molecule has 18 heavy (non-hydrogen) atoms. The van der Waals surface area contributed by atoms with Crippen molar-refractivity contribution in [1.29, 1.82) is 0 Å². The summed E-state index contributed by atoms with van der Waals surface area (Å²) in [6.45, 7) is 3.52. The molecule has 1 aliphatic heterocycles. The fraction of sp³-hybridized carbons (Fsp3) is 0.667. The first-order valence-electron chi connectivity index (χ1n) is 7.14. The Morgan fingerprint density at radius 3 is 3.06 bits per heavy atom. The molecule has 1 aromatic heterocycles. The molecule has 1 aromatic rings. The van der Waals surface area contributed by atoms with Crippen molar-refractivity contribution in [2.75, 3.05) is 20.1 Å². The van der Waals surface area contributed by atoms with Crippen LogP contribution in [0.2, 0.25) is 0 Å². The van der Waals surface area contributed by atoms with Crippen LogP contribution in [0.1, 0.15) is 41.7 Å². The van der Waals surface area contributed by atoms with E-state index in [4.69, 9.17) is 0 Å². The molecule has 3 rings (SSSR count). The molecule has 0 radical (unpaired) electrons. The van der Waals surface area contributed by atoms with Crippen LogP contribution in [0, 0.1) is 5.92 Å². The first-order valence-corrected chi connectivity index (χ1v) is 7.14. The molecule has 98 valence electrons. The number of nitrogens with zero attached hydrogens (tertiary/aromatic N) is 2. The molecule has 2 aliphatic rings. The third-order valence-corrected chi connectivity index (χ3v) is 4.37. The molecule has 1 fully saturated rings. The lowest BCUT2D eigenvalue weighted by Gasteiger charge is -2.30. The van der Waals surface area contributed by atoms with Gasteiger partial charge < -0.3 is 9.47 Å². The molecular formula is C15H22N2O. The molecular weight excluding hydrogens is 224 g/mol. The molecule has 3 nitrogen and oxygen atoms in total. The predicted molar refractivity (Wildman–Crippen MR) is 71.9 cm³/mol. The lowest BCUT2D eigenvalue weighted by molar-refractivity contribution is 0.0971. The van der Waals surface area contributed by atoms with E-state index in [2.05, 4.69) is 22.7 Å². The van der Waals surface area contributed by atoms with Gasteiger partial charge in [-0.25, -0.2) is 0 Å². The Hall–Kier alpha value is -1.09. The van der Waals surface area contributed by atoms with E-state index in [1.165, 1.54) is 31.6 Å². The van der Waals surface area contributed by atoms with Gasteiger partial charge in [-0.2, -0.15) is 0 Å². The average Bonchev–Trinajstić information content (AvgIpc) is 2.74. The number of likely N-dealkylation sites (tertiary alicyclic amines) is 1. The third kappa shape index (κ3) is 2.24. The smallest absolute Gasteiger partial charge is 0.164 e. The Balaban J connectivity index is 1.75. The van der Waals surface area contributed by atoms with Gasteiger partial charge in [0, 0.05) is 37.0 Å². The number of carbonyl (C=O) groups is 1. The fourth-order valence-electron chi connectivity index (χ4n) is 3.46. The summed E-state index contributed by atoms with van der Waals surface area (Å²) in [4.78, 5) is 14.2. The second kappa shape index (κ2) is 4.88. The molecule has 1 aliphatic carbocycles. The van der Waals surface area contributed by atoms with Gasteiger partial charge in [-0.05, 0) is 51.3 Å². The zero-order valence-electron chi connectivity index (χ0n) is 11.2. The summed E-state index contributed by atoms with van der Waals surface area (Å²) in [5.74, 6) is 1.09. The topological polar surface area (TPSA) is 25.2 Å². The van der Waals surface area contributed by atoms with Crippen molar-refractivity contribution in [3.63, 3.8) is 0 Å². The van der Waals surface area contributed by atoms with Crippen LogP contribution in [0.5, 0.6) is 0 Å². The number of rotatable bonds is 2. The summed E-state index contributed by atoms with van der Waals surface area (Å²) >= 11 is 0. The van der Waals surface area contributed by atoms with E-state index in [1.807, 2.05) is 6.07 Å². The van der Waals surface area contributed by atoms with Gasteiger partial charge in [-0.1, -0.05) is 0 Å². The number of Topliss-reactive ketones (excluding diaryl/α,β-unsaturated/α-hetero) is 1. The molecule has 1 unspecified atom stereocenters. The van der Waals surface area contributed by atoms with Crippen molar-refractivity contribution in [2.45, 2.75) is 38.6 Å². The van der Waals surface area contributed by atoms with Gasteiger partial charge in [-0.15, -0.1) is 0 Å². The second-order valence-corrected chi connectivity index (χ2v) is 5.88. The standard InChI is InChI=1S/C15H22N2O/c1-16-8-3-4-12(10-16)11-17-9-7-13-14(17)5-2-6-15(13)18/h7,9,12H,2-6,8,10-11H2,1H3. The molecule has 0 spiro atoms. The minimum Gasteiger partial charge on any atom is -0.350 e. The van der Waals surface area contributed by atoms with Crippen molar-refractivity contribution >= 4 is 5.78 Å². The first-order chi connectivity index (χ1) is 8.74. The lowest BCUT2D eigenvalue weighted by atomic mass is 9.95. The normalized spacial score (nSPS) is 25.2. The fourth-order valence-corrected chi connectivity index (χ4v) is 3.46. The molecule has 1 saturated heterocycles. The highest BCUT2D eigenvalue weighted by atomic mass is 16.1. The van der Waals surface area contributed by atoms with Gasteiger partial charge in [0.05, 0.1) is 0 Å². The van der Waals surface area contributed by atoms with E-state index in [0.29, 0.717) is 5.78 Å². The van der Waals surface area contributed by atoms with Crippen LogP contribution >= 0.6 is 0 Å². The van der Waals surface area contributed by atoms with Crippen LogP contribution in [-0.4, -0.2) is 35.4 Å². The molecule has 0 aromatic carbocycles. The van der Waals surface area contributed by atoms with Crippen molar-refractivity contribution < 1.29 is 4.79 Å². The minimum absolute atomic E-state index is 0.343. The zero-order chi connectivity index (χ0) is 12.5. The van der Waals surface area contributed by atoms with Crippen molar-refractivity contribution in [3.8, 4) is 0 Å². The molecule has 0 bridgehead atoms. The molecule has 0 saturated carbocycles. The minimum atomic E-state index is 0.343. The number of fused-ring (bicyclic) bond motifs is 1. The summed E-state index contributed by atoms with van der Waals surface area (Å²) in [5.41, 5.74) is 2.28. The summed E-state index contributed by atoms with van der Waals surface area (Å²) in [5, 5.41) is 0. The van der Waals surface area contributed by atoms with E-state index >= 15 is 0 Å². The quantitative estimate of drug-likeness (QED) is 0.800. The summed E-state index contributed by atoms with van der Waals surface area (Å²) < 4.78 is 2.34. The molecule has 3 heteroatoms. The van der Waals surface area contributed by atoms with Gasteiger partial charge in [0.25, 0.3) is 0 Å². The van der Waals surface area contributed by atoms with E-state index < -0.39 is 0 Å². The van der Waals surface area contributed by atoms with Gasteiger partial charge in [0.2, 0.25) is 0 Å². The Bertz CT molecular complexity index is 449. The highest BCUT2D eigenvalue weighted by molar-refractivity contribution is 5.98. The summed E-state index contributed by atoms with van der Waals surface area (Å²) in [6, 6.07) is 2.03. The van der Waals surface area contributed by atoms with Gasteiger partial charge >= 0.3 is 0 Å². The highest BCUT2D eigenvalue weighted by Gasteiger charge is 2.23. The number of aromatic nitrogens is 1. The van der Waals surface area contributed by atoms with E-state index in [-0.39, 0.29) is 0 Å². The number of piperidine rings is 1. The van der Waals surface area contributed by atoms with Gasteiger partial charge in [-0.3, -0.25) is 4.79 Å². The van der Waals surface area contributed by atoms with Crippen LogP contribution in [0.3, 0.4) is 0 Å². The van der Waals surface area contributed by atoms with Crippen LogP contribution in [0.25, 0.3) is 0 Å². The molecule has 0 amide bonds. The average molecular weight is 246 g/mol. The number of ketones is 1. The van der Waals surface area contributed by atoms with Crippen molar-refractivity contribution in [2.24, 2.45) is 5.92 Å². The molecule has 1 atom stereocenters. The van der Waals surface area contributed by atoms with E-state index in [9.17, 15) is 4.79 Å². The SMILES string of the molecule is CN1CCCC(Cn2ccc3c2CCCC3=O)C1. The Morgan fingerprint density at radius 2 is 2.22 bits per heavy atom. The summed E-state index contributed by atoms with van der Waals surface area (Å²) in [6.07, 6.45) is 7.61. The van der Waals surface area contributed by atoms with Crippen molar-refractivity contribution in [3.05, 3.63) is 23.5 Å². The number of carbonyl (C=O) groups excluding carboxylic acids is 1. The largest absolute Gasteiger partial charge is 0.350 e. The summed E-state index contributed by atoms with van der Waals surface area (Å²) in [7, 11) is 2.21. The van der Waals surface area contributed by atoms with Crippen LogP contribution < -0.4 is 0 Å².